The maximum absolute atomic E-state index is 11.0. The lowest BCUT2D eigenvalue weighted by atomic mass is 10.1. The van der Waals surface area contributed by atoms with Crippen molar-refractivity contribution in [1.29, 1.82) is 0 Å². The summed E-state index contributed by atoms with van der Waals surface area (Å²) < 4.78 is 4.76. The van der Waals surface area contributed by atoms with E-state index in [1.165, 1.54) is 6.08 Å². The summed E-state index contributed by atoms with van der Waals surface area (Å²) in [6, 6.07) is 5.51. The van der Waals surface area contributed by atoms with Gasteiger partial charge in [0.15, 0.2) is 0 Å². The fourth-order valence-corrected chi connectivity index (χ4v) is 1.52. The van der Waals surface area contributed by atoms with E-state index in [1.807, 2.05) is 19.1 Å². The van der Waals surface area contributed by atoms with Gasteiger partial charge in [-0.2, -0.15) is 0 Å². The third-order valence-corrected chi connectivity index (χ3v) is 2.36. The molecule has 0 spiro atoms. The van der Waals surface area contributed by atoms with E-state index in [0.717, 1.165) is 11.1 Å². The van der Waals surface area contributed by atoms with Gasteiger partial charge in [0.25, 0.3) is 0 Å². The number of allylic oxidation sites excluding steroid dienone is 1. The SMILES string of the molecule is CCOC(=O)/C=C\CCc1cc(C)ccc1O. The monoisotopic (exact) mass is 234 g/mol. The topological polar surface area (TPSA) is 46.5 Å². The zero-order valence-electron chi connectivity index (χ0n) is 10.3. The lowest BCUT2D eigenvalue weighted by Crippen LogP contribution is -1.98. The van der Waals surface area contributed by atoms with Crippen molar-refractivity contribution in [2.45, 2.75) is 26.7 Å². The highest BCUT2D eigenvalue weighted by atomic mass is 16.5. The molecular formula is C14H18O3. The first-order valence-electron chi connectivity index (χ1n) is 5.75. The van der Waals surface area contributed by atoms with Crippen LogP contribution >= 0.6 is 0 Å². The Labute approximate surface area is 102 Å². The minimum Gasteiger partial charge on any atom is -0.508 e. The average Bonchev–Trinajstić information content (AvgIpc) is 2.29. The van der Waals surface area contributed by atoms with Crippen LogP contribution in [0.15, 0.2) is 30.4 Å². The highest BCUT2D eigenvalue weighted by Gasteiger charge is 2.00. The second-order valence-corrected chi connectivity index (χ2v) is 3.83. The first-order chi connectivity index (χ1) is 8.13. The lowest BCUT2D eigenvalue weighted by molar-refractivity contribution is -0.137. The average molecular weight is 234 g/mol. The number of carbonyl (C=O) groups excluding carboxylic acids is 1. The lowest BCUT2D eigenvalue weighted by Gasteiger charge is -2.03. The quantitative estimate of drug-likeness (QED) is 0.629. The van der Waals surface area contributed by atoms with Gasteiger partial charge in [-0.15, -0.1) is 0 Å². The number of carbonyl (C=O) groups is 1. The van der Waals surface area contributed by atoms with E-state index in [2.05, 4.69) is 0 Å². The largest absolute Gasteiger partial charge is 0.508 e. The Kier molecular flexibility index (Phi) is 5.27. The molecule has 3 heteroatoms. The highest BCUT2D eigenvalue weighted by molar-refractivity contribution is 5.81. The Balaban J connectivity index is 2.45. The molecule has 0 heterocycles. The molecule has 0 atom stereocenters. The summed E-state index contributed by atoms with van der Waals surface area (Å²) in [4.78, 5) is 11.0. The summed E-state index contributed by atoms with van der Waals surface area (Å²) in [7, 11) is 0. The third-order valence-electron chi connectivity index (χ3n) is 2.36. The predicted molar refractivity (Wildman–Crippen MR) is 66.9 cm³/mol. The summed E-state index contributed by atoms with van der Waals surface area (Å²) in [6.45, 7) is 4.15. The maximum atomic E-state index is 11.0. The maximum Gasteiger partial charge on any atom is 0.330 e. The fraction of sp³-hybridized carbons (Fsp3) is 0.357. The number of phenolic OH excluding ortho intramolecular Hbond substituents is 1. The number of aromatic hydroxyl groups is 1. The minimum absolute atomic E-state index is 0.306. The van der Waals surface area contributed by atoms with Crippen LogP contribution in [0.25, 0.3) is 0 Å². The number of rotatable bonds is 5. The zero-order chi connectivity index (χ0) is 12.7. The number of benzene rings is 1. The smallest absolute Gasteiger partial charge is 0.330 e. The Hall–Kier alpha value is -1.77. The van der Waals surface area contributed by atoms with E-state index < -0.39 is 0 Å². The van der Waals surface area contributed by atoms with Crippen molar-refractivity contribution in [1.82, 2.24) is 0 Å². The van der Waals surface area contributed by atoms with E-state index in [9.17, 15) is 9.90 Å². The Morgan fingerprint density at radius 1 is 1.47 bits per heavy atom. The summed E-state index contributed by atoms with van der Waals surface area (Å²) in [6.07, 6.45) is 4.61. The number of ether oxygens (including phenoxy) is 1. The van der Waals surface area contributed by atoms with Crippen LogP contribution in [0.2, 0.25) is 0 Å². The molecule has 3 nitrogen and oxygen atoms in total. The van der Waals surface area contributed by atoms with Crippen LogP contribution in [0, 0.1) is 6.92 Å². The van der Waals surface area contributed by atoms with Crippen LogP contribution in [-0.2, 0) is 16.0 Å². The van der Waals surface area contributed by atoms with Crippen LogP contribution in [0.5, 0.6) is 5.75 Å². The van der Waals surface area contributed by atoms with Gasteiger partial charge >= 0.3 is 5.97 Å². The summed E-state index contributed by atoms with van der Waals surface area (Å²) in [5.74, 6) is -0.0129. The van der Waals surface area contributed by atoms with Gasteiger partial charge in [0.2, 0.25) is 0 Å². The van der Waals surface area contributed by atoms with Crippen molar-refractivity contribution < 1.29 is 14.6 Å². The number of esters is 1. The zero-order valence-corrected chi connectivity index (χ0v) is 10.3. The Morgan fingerprint density at radius 3 is 2.94 bits per heavy atom. The van der Waals surface area contributed by atoms with Crippen molar-refractivity contribution in [2.75, 3.05) is 6.61 Å². The van der Waals surface area contributed by atoms with E-state index >= 15 is 0 Å². The summed E-state index contributed by atoms with van der Waals surface area (Å²) >= 11 is 0. The molecule has 0 bridgehead atoms. The van der Waals surface area contributed by atoms with Gasteiger partial charge in [-0.1, -0.05) is 23.8 Å². The molecule has 0 aliphatic rings. The summed E-state index contributed by atoms with van der Waals surface area (Å²) in [5.41, 5.74) is 2.02. The van der Waals surface area contributed by atoms with Crippen LogP contribution in [-0.4, -0.2) is 17.7 Å². The second-order valence-electron chi connectivity index (χ2n) is 3.83. The Morgan fingerprint density at radius 2 is 2.24 bits per heavy atom. The van der Waals surface area contributed by atoms with Crippen molar-refractivity contribution in [3.05, 3.63) is 41.5 Å². The highest BCUT2D eigenvalue weighted by Crippen LogP contribution is 2.19. The molecule has 0 aliphatic heterocycles. The molecule has 0 unspecified atom stereocenters. The molecule has 0 saturated heterocycles. The normalized spacial score (nSPS) is 10.7. The van der Waals surface area contributed by atoms with Crippen molar-refractivity contribution in [3.63, 3.8) is 0 Å². The number of hydrogen-bond donors (Lipinski definition) is 1. The molecule has 1 N–H and O–H groups in total. The molecule has 0 aliphatic carbocycles. The molecule has 0 fully saturated rings. The van der Waals surface area contributed by atoms with Gasteiger partial charge in [0, 0.05) is 6.08 Å². The van der Waals surface area contributed by atoms with Gasteiger partial charge in [0.1, 0.15) is 5.75 Å². The number of hydrogen-bond acceptors (Lipinski definition) is 3. The van der Waals surface area contributed by atoms with E-state index in [4.69, 9.17) is 4.74 Å². The predicted octanol–water partition coefficient (Wildman–Crippen LogP) is 2.75. The molecule has 0 saturated carbocycles. The molecule has 92 valence electrons. The van der Waals surface area contributed by atoms with Crippen molar-refractivity contribution in [2.24, 2.45) is 0 Å². The molecule has 0 aromatic heterocycles. The molecular weight excluding hydrogens is 216 g/mol. The van der Waals surface area contributed by atoms with Crippen LogP contribution in [0.4, 0.5) is 0 Å². The summed E-state index contributed by atoms with van der Waals surface area (Å²) in [5, 5.41) is 9.61. The van der Waals surface area contributed by atoms with Gasteiger partial charge < -0.3 is 9.84 Å². The minimum atomic E-state index is -0.319. The first-order valence-corrected chi connectivity index (χ1v) is 5.75. The molecule has 1 rings (SSSR count). The molecule has 1 aromatic rings. The van der Waals surface area contributed by atoms with Crippen molar-refractivity contribution >= 4 is 5.97 Å². The number of phenols is 1. The van der Waals surface area contributed by atoms with Crippen LogP contribution in [0.3, 0.4) is 0 Å². The fourth-order valence-electron chi connectivity index (χ4n) is 1.52. The molecule has 17 heavy (non-hydrogen) atoms. The van der Waals surface area contributed by atoms with Gasteiger partial charge in [-0.3, -0.25) is 0 Å². The Bertz CT molecular complexity index is 408. The van der Waals surface area contributed by atoms with E-state index in [-0.39, 0.29) is 5.97 Å². The second kappa shape index (κ2) is 6.74. The third kappa shape index (κ3) is 4.72. The van der Waals surface area contributed by atoms with Gasteiger partial charge in [-0.25, -0.2) is 4.79 Å². The van der Waals surface area contributed by atoms with Crippen LogP contribution in [0.1, 0.15) is 24.5 Å². The van der Waals surface area contributed by atoms with Gasteiger partial charge in [-0.05, 0) is 38.3 Å². The first kappa shape index (κ1) is 13.3. The molecule has 0 radical (unpaired) electrons. The van der Waals surface area contributed by atoms with Crippen LogP contribution < -0.4 is 0 Å². The standard InChI is InChI=1S/C14H18O3/c1-3-17-14(16)7-5-4-6-12-10-11(2)8-9-13(12)15/h5,7-10,15H,3-4,6H2,1-2H3/b7-5-. The molecule has 0 amide bonds. The van der Waals surface area contributed by atoms with E-state index in [0.29, 0.717) is 25.2 Å². The van der Waals surface area contributed by atoms with Crippen molar-refractivity contribution in [3.8, 4) is 5.75 Å². The van der Waals surface area contributed by atoms with E-state index in [1.54, 1.807) is 19.1 Å². The number of aryl methyl sites for hydroxylation is 2. The van der Waals surface area contributed by atoms with Gasteiger partial charge in [0.05, 0.1) is 6.61 Å². The molecule has 1 aromatic carbocycles.